The van der Waals surface area contributed by atoms with Crippen molar-refractivity contribution in [1.82, 2.24) is 4.90 Å². The van der Waals surface area contributed by atoms with Crippen LogP contribution in [0.2, 0.25) is 0 Å². The Labute approximate surface area is 150 Å². The van der Waals surface area contributed by atoms with Crippen molar-refractivity contribution in [2.24, 2.45) is 5.92 Å². The molecule has 25 heavy (non-hydrogen) atoms. The Kier molecular flexibility index (Phi) is 9.62. The van der Waals surface area contributed by atoms with E-state index in [1.165, 1.54) is 0 Å². The highest BCUT2D eigenvalue weighted by Gasteiger charge is 2.34. The molecule has 0 spiro atoms. The minimum atomic E-state index is -1.22. The minimum Gasteiger partial charge on any atom is -0.394 e. The van der Waals surface area contributed by atoms with Gasteiger partial charge in [0.25, 0.3) is 0 Å². The molecule has 0 radical (unpaired) electrons. The van der Waals surface area contributed by atoms with Gasteiger partial charge in [-0.1, -0.05) is 12.8 Å². The smallest absolute Gasteiger partial charge is 0.114 e. The van der Waals surface area contributed by atoms with Gasteiger partial charge in [0.15, 0.2) is 0 Å². The van der Waals surface area contributed by atoms with Crippen molar-refractivity contribution in [3.05, 3.63) is 0 Å². The van der Waals surface area contributed by atoms with E-state index in [1.54, 1.807) is 0 Å². The number of hydrogen-bond acceptors (Lipinski definition) is 7. The van der Waals surface area contributed by atoms with Crippen molar-refractivity contribution in [3.8, 4) is 0 Å². The van der Waals surface area contributed by atoms with Crippen molar-refractivity contribution < 1.29 is 29.9 Å². The highest BCUT2D eigenvalue weighted by Crippen LogP contribution is 2.19. The van der Waals surface area contributed by atoms with Gasteiger partial charge in [0, 0.05) is 32.9 Å². The fraction of sp³-hybridized carbons (Fsp3) is 1.00. The molecule has 2 aliphatic rings. The average Bonchev–Trinajstić information content (AvgIpc) is 2.62. The molecule has 0 saturated carbocycles. The van der Waals surface area contributed by atoms with E-state index in [0.717, 1.165) is 64.8 Å². The summed E-state index contributed by atoms with van der Waals surface area (Å²) in [6, 6.07) is 0. The van der Waals surface area contributed by atoms with Gasteiger partial charge in [-0.05, 0) is 38.1 Å². The molecule has 7 heteroatoms. The first-order valence-corrected chi connectivity index (χ1v) is 9.68. The van der Waals surface area contributed by atoms with E-state index in [2.05, 4.69) is 4.90 Å². The zero-order chi connectivity index (χ0) is 18.1. The molecule has 2 saturated heterocycles. The van der Waals surface area contributed by atoms with E-state index in [9.17, 15) is 20.4 Å². The molecular formula is C18H35NO6. The van der Waals surface area contributed by atoms with E-state index in [1.807, 2.05) is 0 Å². The average molecular weight is 361 g/mol. The van der Waals surface area contributed by atoms with Crippen molar-refractivity contribution in [2.75, 3.05) is 46.1 Å². The molecule has 4 atom stereocenters. The molecule has 7 nitrogen and oxygen atoms in total. The zero-order valence-electron chi connectivity index (χ0n) is 15.1. The fourth-order valence-corrected chi connectivity index (χ4v) is 3.69. The van der Waals surface area contributed by atoms with Crippen molar-refractivity contribution in [1.29, 1.82) is 0 Å². The molecule has 2 aliphatic heterocycles. The Morgan fingerprint density at radius 1 is 1.00 bits per heavy atom. The quantitative estimate of drug-likeness (QED) is 0.547. The van der Waals surface area contributed by atoms with E-state index in [0.29, 0.717) is 19.1 Å². The van der Waals surface area contributed by atoms with Crippen LogP contribution in [0.1, 0.15) is 38.5 Å². The van der Waals surface area contributed by atoms with Gasteiger partial charge in [-0.3, -0.25) is 0 Å². The van der Waals surface area contributed by atoms with Gasteiger partial charge in [-0.15, -0.1) is 0 Å². The Hall–Kier alpha value is -0.280. The SMILES string of the molecule is OC[C@@H](O)[C@H]1OCCCCCCN(CC2CCOCC2)C[C@H](O)[C@H]1O. The fourth-order valence-electron chi connectivity index (χ4n) is 3.69. The summed E-state index contributed by atoms with van der Waals surface area (Å²) in [6.07, 6.45) is 1.69. The monoisotopic (exact) mass is 361 g/mol. The van der Waals surface area contributed by atoms with Gasteiger partial charge < -0.3 is 34.8 Å². The maximum atomic E-state index is 10.5. The lowest BCUT2D eigenvalue weighted by Gasteiger charge is -2.35. The molecule has 2 rings (SSSR count). The Morgan fingerprint density at radius 2 is 1.72 bits per heavy atom. The van der Waals surface area contributed by atoms with Gasteiger partial charge >= 0.3 is 0 Å². The maximum absolute atomic E-state index is 10.5. The van der Waals surface area contributed by atoms with Crippen molar-refractivity contribution in [2.45, 2.75) is 62.9 Å². The second kappa shape index (κ2) is 11.4. The summed E-state index contributed by atoms with van der Waals surface area (Å²) in [5.74, 6) is 0.557. The van der Waals surface area contributed by atoms with Gasteiger partial charge in [0.2, 0.25) is 0 Å². The van der Waals surface area contributed by atoms with Crippen LogP contribution in [-0.2, 0) is 9.47 Å². The third-order valence-electron chi connectivity index (χ3n) is 5.28. The lowest BCUT2D eigenvalue weighted by Crippen LogP contribution is -2.51. The summed E-state index contributed by atoms with van der Waals surface area (Å²) in [5.41, 5.74) is 0. The van der Waals surface area contributed by atoms with E-state index in [4.69, 9.17) is 9.47 Å². The predicted molar refractivity (Wildman–Crippen MR) is 93.3 cm³/mol. The molecule has 0 unspecified atom stereocenters. The van der Waals surface area contributed by atoms with Gasteiger partial charge in [0.05, 0.1) is 12.7 Å². The second-order valence-electron chi connectivity index (χ2n) is 7.37. The van der Waals surface area contributed by atoms with Crippen LogP contribution >= 0.6 is 0 Å². The normalized spacial score (nSPS) is 33.4. The van der Waals surface area contributed by atoms with Gasteiger partial charge in [-0.25, -0.2) is 0 Å². The Morgan fingerprint density at radius 3 is 2.44 bits per heavy atom. The standard InChI is InChI=1S/C18H35NO6/c20-13-16(22)18-17(23)15(21)12-19(7-3-1-2-4-8-25-18)11-14-5-9-24-10-6-14/h14-18,20-23H,1-13H2/t15-,16+,17+,18+/m0/s1. The Balaban J connectivity index is 1.98. The topological polar surface area (TPSA) is 103 Å². The molecule has 2 fully saturated rings. The molecule has 0 aromatic heterocycles. The molecule has 0 aliphatic carbocycles. The summed E-state index contributed by atoms with van der Waals surface area (Å²) in [7, 11) is 0. The van der Waals surface area contributed by atoms with E-state index in [-0.39, 0.29) is 0 Å². The second-order valence-corrected chi connectivity index (χ2v) is 7.37. The van der Waals surface area contributed by atoms with Crippen LogP contribution in [-0.4, -0.2) is 95.8 Å². The molecule has 2 heterocycles. The summed E-state index contributed by atoms with van der Waals surface area (Å²) in [6.45, 7) is 3.63. The zero-order valence-corrected chi connectivity index (χ0v) is 15.1. The predicted octanol–water partition coefficient (Wildman–Crippen LogP) is -0.251. The number of aliphatic hydroxyl groups excluding tert-OH is 4. The van der Waals surface area contributed by atoms with Gasteiger partial charge in [-0.2, -0.15) is 0 Å². The first-order valence-electron chi connectivity index (χ1n) is 9.68. The lowest BCUT2D eigenvalue weighted by molar-refractivity contribution is -0.147. The highest BCUT2D eigenvalue weighted by molar-refractivity contribution is 4.85. The van der Waals surface area contributed by atoms with Crippen LogP contribution in [0.4, 0.5) is 0 Å². The number of β-amino-alcohol motifs (C(OH)–C–C–N with tert-alkyl or cyclic N) is 1. The van der Waals surface area contributed by atoms with Crippen molar-refractivity contribution in [3.63, 3.8) is 0 Å². The molecule has 0 amide bonds. The largest absolute Gasteiger partial charge is 0.394 e. The molecule has 0 aromatic carbocycles. The number of hydrogen-bond donors (Lipinski definition) is 4. The third kappa shape index (κ3) is 7.09. The highest BCUT2D eigenvalue weighted by atomic mass is 16.5. The van der Waals surface area contributed by atoms with Crippen LogP contribution in [0.15, 0.2) is 0 Å². The molecule has 148 valence electrons. The number of rotatable bonds is 4. The van der Waals surface area contributed by atoms with Crippen LogP contribution in [0, 0.1) is 5.92 Å². The maximum Gasteiger partial charge on any atom is 0.114 e. The van der Waals surface area contributed by atoms with Crippen LogP contribution < -0.4 is 0 Å². The molecule has 4 N–H and O–H groups in total. The Bertz CT molecular complexity index is 352. The first-order chi connectivity index (χ1) is 12.1. The van der Waals surface area contributed by atoms with Crippen LogP contribution in [0.25, 0.3) is 0 Å². The van der Waals surface area contributed by atoms with Crippen LogP contribution in [0.5, 0.6) is 0 Å². The molecular weight excluding hydrogens is 326 g/mol. The minimum absolute atomic E-state index is 0.344. The lowest BCUT2D eigenvalue weighted by atomic mass is 9.98. The summed E-state index contributed by atoms with van der Waals surface area (Å²) >= 11 is 0. The third-order valence-corrected chi connectivity index (χ3v) is 5.28. The van der Waals surface area contributed by atoms with E-state index >= 15 is 0 Å². The number of aliphatic hydroxyl groups is 4. The summed E-state index contributed by atoms with van der Waals surface area (Å²) in [5, 5.41) is 40.1. The first kappa shape index (κ1) is 21.0. The summed E-state index contributed by atoms with van der Waals surface area (Å²) < 4.78 is 11.0. The van der Waals surface area contributed by atoms with Crippen molar-refractivity contribution >= 4 is 0 Å². The van der Waals surface area contributed by atoms with Gasteiger partial charge in [0.1, 0.15) is 18.3 Å². The van der Waals surface area contributed by atoms with E-state index < -0.39 is 31.0 Å². The van der Waals surface area contributed by atoms with Crippen LogP contribution in [0.3, 0.4) is 0 Å². The molecule has 0 bridgehead atoms. The summed E-state index contributed by atoms with van der Waals surface area (Å²) in [4.78, 5) is 2.22. The number of nitrogens with zero attached hydrogens (tertiary/aromatic N) is 1. The molecule has 0 aromatic rings. The number of ether oxygens (including phenoxy) is 2.